The second-order valence-corrected chi connectivity index (χ2v) is 9.26. The first-order valence-electron chi connectivity index (χ1n) is 10.8. The monoisotopic (exact) mass is 489 g/mol. The van der Waals surface area contributed by atoms with Crippen LogP contribution in [0, 0.1) is 17.0 Å². The zero-order chi connectivity index (χ0) is 24.7. The van der Waals surface area contributed by atoms with Crippen molar-refractivity contribution in [2.24, 2.45) is 5.41 Å². The molecule has 7 nitrogen and oxygen atoms in total. The summed E-state index contributed by atoms with van der Waals surface area (Å²) in [5, 5.41) is 2.19. The van der Waals surface area contributed by atoms with Gasteiger partial charge in [-0.15, -0.1) is 0 Å². The van der Waals surface area contributed by atoms with Crippen molar-refractivity contribution in [3.8, 4) is 5.75 Å². The van der Waals surface area contributed by atoms with E-state index in [1.807, 2.05) is 13.8 Å². The quantitative estimate of drug-likeness (QED) is 0.593. The van der Waals surface area contributed by atoms with Gasteiger partial charge >= 0.3 is 6.18 Å². The number of halogens is 5. The molecule has 186 valence electrons. The van der Waals surface area contributed by atoms with Crippen molar-refractivity contribution in [1.29, 1.82) is 0 Å². The lowest BCUT2D eigenvalue weighted by Gasteiger charge is -2.44. The van der Waals surface area contributed by atoms with E-state index in [4.69, 9.17) is 13.9 Å². The summed E-state index contributed by atoms with van der Waals surface area (Å²) < 4.78 is 83.9. The number of carbonyl (C=O) groups excluding carboxylic acids is 1. The molecule has 0 bridgehead atoms. The third kappa shape index (κ3) is 5.60. The third-order valence-electron chi connectivity index (χ3n) is 5.43. The highest BCUT2D eigenvalue weighted by atomic mass is 19.4. The fourth-order valence-corrected chi connectivity index (χ4v) is 3.98. The Morgan fingerprint density at radius 3 is 2.50 bits per heavy atom. The highest BCUT2D eigenvalue weighted by Crippen LogP contribution is 2.35. The molecule has 1 unspecified atom stereocenters. The van der Waals surface area contributed by atoms with E-state index in [0.717, 1.165) is 12.1 Å². The molecule has 0 saturated carbocycles. The maximum Gasteiger partial charge on any atom is 0.396 e. The van der Waals surface area contributed by atoms with Crippen LogP contribution in [0.4, 0.5) is 33.7 Å². The molecule has 3 heterocycles. The first kappa shape index (κ1) is 24.2. The average Bonchev–Trinajstić information content (AvgIpc) is 3.11. The molecule has 1 amide bonds. The second-order valence-electron chi connectivity index (χ2n) is 9.26. The van der Waals surface area contributed by atoms with Crippen LogP contribution in [0.2, 0.25) is 0 Å². The molecule has 12 heteroatoms. The van der Waals surface area contributed by atoms with E-state index < -0.39 is 53.4 Å². The van der Waals surface area contributed by atoms with E-state index in [2.05, 4.69) is 10.3 Å². The number of nitrogens with one attached hydrogen (secondary N) is 1. The van der Waals surface area contributed by atoms with Crippen LogP contribution in [0.5, 0.6) is 5.75 Å². The Hall–Kier alpha value is -2.89. The number of oxazole rings is 1. The zero-order valence-electron chi connectivity index (χ0n) is 18.6. The Kier molecular flexibility index (Phi) is 6.45. The number of aromatic nitrogens is 1. The summed E-state index contributed by atoms with van der Waals surface area (Å²) in [6, 6.07) is 1.53. The molecule has 0 radical (unpaired) electrons. The highest BCUT2D eigenvalue weighted by Gasteiger charge is 2.40. The Bertz CT molecular complexity index is 1030. The molecule has 2 saturated heterocycles. The number of benzene rings is 1. The Labute approximate surface area is 192 Å². The van der Waals surface area contributed by atoms with Gasteiger partial charge in [0.15, 0.2) is 23.1 Å². The van der Waals surface area contributed by atoms with Gasteiger partial charge in [0.25, 0.3) is 11.9 Å². The largest absolute Gasteiger partial charge is 0.482 e. The molecule has 0 spiro atoms. The molecule has 2 fully saturated rings. The molecule has 2 aliphatic heterocycles. The van der Waals surface area contributed by atoms with Crippen molar-refractivity contribution in [3.05, 3.63) is 35.2 Å². The SMILES string of the molecule is CC1(C)CN(c2nc(C(=O)Nc3cc(F)c(OC4CCCOC4)c(F)c3)c(CC(F)(F)F)o2)C1. The lowest BCUT2D eigenvalue weighted by atomic mass is 9.85. The van der Waals surface area contributed by atoms with Crippen LogP contribution in [0.3, 0.4) is 0 Å². The highest BCUT2D eigenvalue weighted by molar-refractivity contribution is 6.03. The van der Waals surface area contributed by atoms with Gasteiger partial charge in [-0.3, -0.25) is 4.79 Å². The molecule has 4 rings (SSSR count). The fourth-order valence-electron chi connectivity index (χ4n) is 3.98. The minimum atomic E-state index is -4.65. The third-order valence-corrected chi connectivity index (χ3v) is 5.43. The number of ether oxygens (including phenoxy) is 2. The minimum absolute atomic E-state index is 0.0658. The topological polar surface area (TPSA) is 76.8 Å². The number of alkyl halides is 3. The maximum absolute atomic E-state index is 14.5. The average molecular weight is 489 g/mol. The summed E-state index contributed by atoms with van der Waals surface area (Å²) in [6.07, 6.45) is -5.42. The van der Waals surface area contributed by atoms with Crippen LogP contribution in [0.25, 0.3) is 0 Å². The first-order chi connectivity index (χ1) is 15.9. The van der Waals surface area contributed by atoms with Gasteiger partial charge in [-0.25, -0.2) is 8.78 Å². The van der Waals surface area contributed by atoms with Crippen molar-refractivity contribution in [3.63, 3.8) is 0 Å². The number of hydrogen-bond donors (Lipinski definition) is 1. The van der Waals surface area contributed by atoms with Crippen molar-refractivity contribution < 1.29 is 40.6 Å². The number of amides is 1. The molecular weight excluding hydrogens is 465 g/mol. The number of nitrogens with zero attached hydrogens (tertiary/aromatic N) is 2. The number of rotatable bonds is 6. The second kappa shape index (κ2) is 9.05. The summed E-state index contributed by atoms with van der Waals surface area (Å²) in [7, 11) is 0. The van der Waals surface area contributed by atoms with Crippen molar-refractivity contribution in [2.75, 3.05) is 36.5 Å². The normalized spacial score (nSPS) is 20.1. The van der Waals surface area contributed by atoms with Crippen LogP contribution in [-0.4, -0.2) is 49.5 Å². The minimum Gasteiger partial charge on any atom is -0.482 e. The molecule has 0 aliphatic carbocycles. The Morgan fingerprint density at radius 1 is 1.26 bits per heavy atom. The van der Waals surface area contributed by atoms with Gasteiger partial charge in [-0.2, -0.15) is 18.2 Å². The van der Waals surface area contributed by atoms with Crippen molar-refractivity contribution >= 4 is 17.6 Å². The van der Waals surface area contributed by atoms with E-state index in [1.165, 1.54) is 0 Å². The predicted molar refractivity (Wildman–Crippen MR) is 111 cm³/mol. The van der Waals surface area contributed by atoms with Crippen LogP contribution >= 0.6 is 0 Å². The summed E-state index contributed by atoms with van der Waals surface area (Å²) in [4.78, 5) is 18.2. The van der Waals surface area contributed by atoms with Crippen molar-refractivity contribution in [1.82, 2.24) is 4.98 Å². The Balaban J connectivity index is 1.52. The molecule has 34 heavy (non-hydrogen) atoms. The maximum atomic E-state index is 14.5. The fraction of sp³-hybridized carbons (Fsp3) is 0.545. The number of anilines is 2. The summed E-state index contributed by atoms with van der Waals surface area (Å²) >= 11 is 0. The Morgan fingerprint density at radius 2 is 1.94 bits per heavy atom. The zero-order valence-corrected chi connectivity index (χ0v) is 18.6. The molecule has 2 aromatic rings. The predicted octanol–water partition coefficient (Wildman–Crippen LogP) is 4.71. The molecule has 1 aromatic carbocycles. The van der Waals surface area contributed by atoms with E-state index in [1.54, 1.807) is 4.90 Å². The van der Waals surface area contributed by atoms with Crippen LogP contribution in [0.15, 0.2) is 16.5 Å². The summed E-state index contributed by atoms with van der Waals surface area (Å²) in [6.45, 7) is 5.66. The van der Waals surface area contributed by atoms with Gasteiger partial charge < -0.3 is 24.1 Å². The van der Waals surface area contributed by atoms with Crippen LogP contribution in [-0.2, 0) is 11.2 Å². The van der Waals surface area contributed by atoms with E-state index >= 15 is 0 Å². The lowest BCUT2D eigenvalue weighted by molar-refractivity contribution is -0.130. The number of carbonyl (C=O) groups is 1. The van der Waals surface area contributed by atoms with Gasteiger partial charge in [0.05, 0.1) is 6.61 Å². The van der Waals surface area contributed by atoms with Gasteiger partial charge in [-0.1, -0.05) is 13.8 Å². The van der Waals surface area contributed by atoms with E-state index in [0.29, 0.717) is 32.5 Å². The number of hydrogen-bond acceptors (Lipinski definition) is 6. The summed E-state index contributed by atoms with van der Waals surface area (Å²) in [5.74, 6) is -4.51. The molecular formula is C22H24F5N3O4. The van der Waals surface area contributed by atoms with Gasteiger partial charge in [0.2, 0.25) is 0 Å². The molecule has 1 aromatic heterocycles. The van der Waals surface area contributed by atoms with Gasteiger partial charge in [-0.05, 0) is 12.8 Å². The van der Waals surface area contributed by atoms with Crippen LogP contribution < -0.4 is 15.0 Å². The van der Waals surface area contributed by atoms with Crippen molar-refractivity contribution in [2.45, 2.75) is 45.4 Å². The van der Waals surface area contributed by atoms with Gasteiger partial charge in [0, 0.05) is 42.9 Å². The van der Waals surface area contributed by atoms with E-state index in [9.17, 15) is 26.7 Å². The molecule has 1 N–H and O–H groups in total. The standard InChI is InChI=1S/C22H24F5N3O4/c1-21(2)10-30(11-21)20-29-17(16(34-20)8-22(25,26)27)19(31)28-12-6-14(23)18(15(24)7-12)33-13-4-3-5-32-9-13/h6-7,13H,3-5,8-11H2,1-2H3,(H,28,31). The van der Waals surface area contributed by atoms with E-state index in [-0.39, 0.29) is 23.7 Å². The first-order valence-corrected chi connectivity index (χ1v) is 10.8. The van der Waals surface area contributed by atoms with Gasteiger partial charge in [0.1, 0.15) is 18.3 Å². The molecule has 1 atom stereocenters. The smallest absolute Gasteiger partial charge is 0.396 e. The van der Waals surface area contributed by atoms with Crippen LogP contribution in [0.1, 0.15) is 42.9 Å². The lowest BCUT2D eigenvalue weighted by Crippen LogP contribution is -2.53. The molecule has 2 aliphatic rings. The summed E-state index contributed by atoms with van der Waals surface area (Å²) in [5.41, 5.74) is -0.971.